The number of benzene rings is 1. The molecule has 1 N–H and O–H groups in total. The van der Waals surface area contributed by atoms with Crippen LogP contribution in [0.25, 0.3) is 0 Å². The molecule has 0 heterocycles. The molecule has 14 heavy (non-hydrogen) atoms. The van der Waals surface area contributed by atoms with Gasteiger partial charge < -0.3 is 5.11 Å². The first-order valence-corrected chi connectivity index (χ1v) is 5.11. The molecule has 1 fully saturated rings. The summed E-state index contributed by atoms with van der Waals surface area (Å²) in [5.74, 6) is 0.0127. The monoisotopic (exact) mass is 214 g/mol. The molecule has 0 amide bonds. The van der Waals surface area contributed by atoms with Crippen LogP contribution in [0.15, 0.2) is 18.2 Å². The van der Waals surface area contributed by atoms with Gasteiger partial charge in [-0.05, 0) is 37.3 Å². The van der Waals surface area contributed by atoms with Crippen molar-refractivity contribution in [2.45, 2.75) is 25.4 Å². The van der Waals surface area contributed by atoms with E-state index in [0.717, 1.165) is 6.42 Å². The summed E-state index contributed by atoms with van der Waals surface area (Å²) in [6.45, 7) is 1.74. The van der Waals surface area contributed by atoms with E-state index in [-0.39, 0.29) is 23.8 Å². The van der Waals surface area contributed by atoms with E-state index in [1.807, 2.05) is 0 Å². The van der Waals surface area contributed by atoms with Gasteiger partial charge in [0.15, 0.2) is 0 Å². The fourth-order valence-electron chi connectivity index (χ4n) is 1.94. The summed E-state index contributed by atoms with van der Waals surface area (Å²) in [5.41, 5.74) is 0.570. The van der Waals surface area contributed by atoms with Crippen molar-refractivity contribution in [2.24, 2.45) is 5.92 Å². The van der Waals surface area contributed by atoms with Gasteiger partial charge in [-0.15, -0.1) is 0 Å². The fourth-order valence-corrected chi connectivity index (χ4v) is 2.25. The standard InChI is InChI=1S/C11H12ClFO/c1-6(14)7-5-8(7)11-9(12)3-2-4-10(11)13/h2-4,6-8,14H,5H2,1H3/t6-,7+,8+/m0/s1. The van der Waals surface area contributed by atoms with Crippen molar-refractivity contribution < 1.29 is 9.50 Å². The molecule has 0 spiro atoms. The maximum absolute atomic E-state index is 13.4. The predicted molar refractivity (Wildman–Crippen MR) is 53.9 cm³/mol. The number of aliphatic hydroxyl groups is 1. The van der Waals surface area contributed by atoms with Crippen molar-refractivity contribution >= 4 is 11.6 Å². The quantitative estimate of drug-likeness (QED) is 0.803. The van der Waals surface area contributed by atoms with E-state index in [4.69, 9.17) is 11.6 Å². The zero-order chi connectivity index (χ0) is 10.3. The van der Waals surface area contributed by atoms with Gasteiger partial charge in [-0.3, -0.25) is 0 Å². The van der Waals surface area contributed by atoms with Gasteiger partial charge in [-0.2, -0.15) is 0 Å². The molecule has 0 radical (unpaired) electrons. The molecule has 1 aromatic carbocycles. The van der Waals surface area contributed by atoms with Crippen molar-refractivity contribution in [3.63, 3.8) is 0 Å². The molecule has 0 aromatic heterocycles. The number of rotatable bonds is 2. The molecule has 1 saturated carbocycles. The van der Waals surface area contributed by atoms with Crippen LogP contribution < -0.4 is 0 Å². The van der Waals surface area contributed by atoms with Crippen molar-refractivity contribution in [3.05, 3.63) is 34.6 Å². The second-order valence-electron chi connectivity index (χ2n) is 3.88. The van der Waals surface area contributed by atoms with E-state index in [0.29, 0.717) is 10.6 Å². The van der Waals surface area contributed by atoms with Crippen molar-refractivity contribution in [1.29, 1.82) is 0 Å². The van der Waals surface area contributed by atoms with Crippen LogP contribution in [0.5, 0.6) is 0 Å². The highest BCUT2D eigenvalue weighted by molar-refractivity contribution is 6.31. The molecule has 0 bridgehead atoms. The molecule has 3 atom stereocenters. The average molecular weight is 215 g/mol. The van der Waals surface area contributed by atoms with Gasteiger partial charge in [0, 0.05) is 10.6 Å². The first kappa shape index (κ1) is 9.94. The van der Waals surface area contributed by atoms with Crippen molar-refractivity contribution in [3.8, 4) is 0 Å². The molecule has 1 nitrogen and oxygen atoms in total. The van der Waals surface area contributed by atoms with E-state index in [1.165, 1.54) is 6.07 Å². The second-order valence-corrected chi connectivity index (χ2v) is 4.29. The number of hydrogen-bond acceptors (Lipinski definition) is 1. The third-order valence-corrected chi connectivity index (χ3v) is 3.16. The van der Waals surface area contributed by atoms with E-state index in [9.17, 15) is 9.50 Å². The molecule has 0 saturated heterocycles. The lowest BCUT2D eigenvalue weighted by atomic mass is 10.1. The maximum Gasteiger partial charge on any atom is 0.128 e. The van der Waals surface area contributed by atoms with Crippen LogP contribution >= 0.6 is 11.6 Å². The van der Waals surface area contributed by atoms with E-state index in [1.54, 1.807) is 19.1 Å². The summed E-state index contributed by atoms with van der Waals surface area (Å²) in [5, 5.41) is 9.81. The second kappa shape index (κ2) is 3.52. The molecule has 76 valence electrons. The molecule has 1 aromatic rings. The molecule has 2 rings (SSSR count). The molecule has 3 heteroatoms. The Morgan fingerprint density at radius 1 is 1.57 bits per heavy atom. The largest absolute Gasteiger partial charge is 0.393 e. The summed E-state index contributed by atoms with van der Waals surface area (Å²) in [4.78, 5) is 0. The van der Waals surface area contributed by atoms with Crippen molar-refractivity contribution in [1.82, 2.24) is 0 Å². The average Bonchev–Trinajstić information content (AvgIpc) is 2.83. The molecule has 1 aliphatic carbocycles. The van der Waals surface area contributed by atoms with Gasteiger partial charge in [0.1, 0.15) is 5.82 Å². The molecule has 0 aliphatic heterocycles. The van der Waals surface area contributed by atoms with Crippen LogP contribution in [-0.2, 0) is 0 Å². The molecule has 0 unspecified atom stereocenters. The van der Waals surface area contributed by atoms with Gasteiger partial charge >= 0.3 is 0 Å². The Labute approximate surface area is 87.5 Å². The third-order valence-electron chi connectivity index (χ3n) is 2.83. The van der Waals surface area contributed by atoms with Crippen LogP contribution in [-0.4, -0.2) is 11.2 Å². The van der Waals surface area contributed by atoms with Gasteiger partial charge in [-0.1, -0.05) is 17.7 Å². The highest BCUT2D eigenvalue weighted by atomic mass is 35.5. The zero-order valence-electron chi connectivity index (χ0n) is 7.87. The van der Waals surface area contributed by atoms with E-state index in [2.05, 4.69) is 0 Å². The molecule has 1 aliphatic rings. The lowest BCUT2D eigenvalue weighted by Crippen LogP contribution is -2.04. The van der Waals surface area contributed by atoms with Crippen LogP contribution in [0.3, 0.4) is 0 Å². The Kier molecular flexibility index (Phi) is 2.50. The SMILES string of the molecule is C[C@H](O)[C@H]1C[C@H]1c1c(F)cccc1Cl. The Balaban J connectivity index is 2.26. The third kappa shape index (κ3) is 1.64. The maximum atomic E-state index is 13.4. The van der Waals surface area contributed by atoms with Crippen molar-refractivity contribution in [2.75, 3.05) is 0 Å². The fraction of sp³-hybridized carbons (Fsp3) is 0.455. The van der Waals surface area contributed by atoms with Crippen LogP contribution in [0.1, 0.15) is 24.8 Å². The predicted octanol–water partition coefficient (Wildman–Crippen LogP) is 2.96. The molecular formula is C11H12ClFO. The number of halogens is 2. The van der Waals surface area contributed by atoms with Gasteiger partial charge in [0.2, 0.25) is 0 Å². The highest BCUT2D eigenvalue weighted by Crippen LogP contribution is 2.52. The number of hydrogen-bond donors (Lipinski definition) is 1. The molecular weight excluding hydrogens is 203 g/mol. The Morgan fingerprint density at radius 3 is 2.79 bits per heavy atom. The Hall–Kier alpha value is -0.600. The summed E-state index contributed by atoms with van der Waals surface area (Å²) in [6.07, 6.45) is 0.453. The smallest absolute Gasteiger partial charge is 0.128 e. The van der Waals surface area contributed by atoms with E-state index >= 15 is 0 Å². The minimum atomic E-state index is -0.379. The van der Waals surface area contributed by atoms with Crippen LogP contribution in [0, 0.1) is 11.7 Å². The van der Waals surface area contributed by atoms with Gasteiger partial charge in [0.25, 0.3) is 0 Å². The first-order chi connectivity index (χ1) is 6.61. The van der Waals surface area contributed by atoms with E-state index < -0.39 is 0 Å². The minimum Gasteiger partial charge on any atom is -0.393 e. The van der Waals surface area contributed by atoms with Crippen LogP contribution in [0.2, 0.25) is 5.02 Å². The summed E-state index contributed by atoms with van der Waals surface area (Å²) in [7, 11) is 0. The highest BCUT2D eigenvalue weighted by Gasteiger charge is 2.43. The Bertz CT molecular complexity index is 331. The first-order valence-electron chi connectivity index (χ1n) is 4.73. The summed E-state index contributed by atoms with van der Waals surface area (Å²) < 4.78 is 13.4. The number of aliphatic hydroxyl groups excluding tert-OH is 1. The summed E-state index contributed by atoms with van der Waals surface area (Å²) >= 11 is 5.91. The Morgan fingerprint density at radius 2 is 2.29 bits per heavy atom. The minimum absolute atomic E-state index is 0.101. The van der Waals surface area contributed by atoms with Gasteiger partial charge in [0.05, 0.1) is 6.10 Å². The summed E-state index contributed by atoms with van der Waals surface area (Å²) in [6, 6.07) is 4.71. The lowest BCUT2D eigenvalue weighted by Gasteiger charge is -2.06. The van der Waals surface area contributed by atoms with Crippen LogP contribution in [0.4, 0.5) is 4.39 Å². The lowest BCUT2D eigenvalue weighted by molar-refractivity contribution is 0.168. The topological polar surface area (TPSA) is 20.2 Å². The normalized spacial score (nSPS) is 27.4. The zero-order valence-corrected chi connectivity index (χ0v) is 8.63. The van der Waals surface area contributed by atoms with Gasteiger partial charge in [-0.25, -0.2) is 4.39 Å².